The molecule has 2 rings (SSSR count). The predicted octanol–water partition coefficient (Wildman–Crippen LogP) is 2.71. The van der Waals surface area contributed by atoms with E-state index in [1.54, 1.807) is 0 Å². The van der Waals surface area contributed by atoms with Crippen molar-refractivity contribution in [3.05, 3.63) is 0 Å². The zero-order chi connectivity index (χ0) is 8.44. The van der Waals surface area contributed by atoms with Crippen LogP contribution in [0, 0.1) is 5.41 Å². The molecule has 1 aliphatic carbocycles. The second-order valence-corrected chi connectivity index (χ2v) is 4.57. The molecule has 1 saturated carbocycles. The largest absolute Gasteiger partial charge is 0.313 e. The highest BCUT2D eigenvalue weighted by molar-refractivity contribution is 4.97. The van der Waals surface area contributed by atoms with Crippen molar-refractivity contribution in [2.75, 3.05) is 6.54 Å². The van der Waals surface area contributed by atoms with Crippen LogP contribution >= 0.6 is 0 Å². The lowest BCUT2D eigenvalue weighted by atomic mass is 9.61. The molecule has 1 atom stereocenters. The minimum absolute atomic E-state index is 0.723. The van der Waals surface area contributed by atoms with E-state index in [0.717, 1.165) is 11.5 Å². The van der Waals surface area contributed by atoms with E-state index in [1.165, 1.54) is 51.5 Å². The van der Waals surface area contributed by atoms with Crippen molar-refractivity contribution < 1.29 is 0 Å². The molecule has 0 aromatic carbocycles. The molecular weight excluding hydrogens is 146 g/mol. The molecule has 70 valence electrons. The van der Waals surface area contributed by atoms with Gasteiger partial charge < -0.3 is 5.32 Å². The van der Waals surface area contributed by atoms with Crippen molar-refractivity contribution in [2.24, 2.45) is 5.41 Å². The summed E-state index contributed by atoms with van der Waals surface area (Å²) >= 11 is 0. The Morgan fingerprint density at radius 2 is 2.08 bits per heavy atom. The summed E-state index contributed by atoms with van der Waals surface area (Å²) in [4.78, 5) is 0. The summed E-state index contributed by atoms with van der Waals surface area (Å²) in [6.45, 7) is 3.64. The molecule has 1 heteroatoms. The monoisotopic (exact) mass is 167 g/mol. The Hall–Kier alpha value is -0.0400. The number of hydrogen-bond acceptors (Lipinski definition) is 1. The van der Waals surface area contributed by atoms with E-state index >= 15 is 0 Å². The van der Waals surface area contributed by atoms with E-state index < -0.39 is 0 Å². The molecule has 0 radical (unpaired) electrons. The molecule has 0 bridgehead atoms. The van der Waals surface area contributed by atoms with Gasteiger partial charge in [0.05, 0.1) is 0 Å². The molecule has 1 aliphatic heterocycles. The Labute approximate surface area is 75.9 Å². The van der Waals surface area contributed by atoms with Gasteiger partial charge in [-0.25, -0.2) is 0 Å². The second kappa shape index (κ2) is 3.37. The number of nitrogens with one attached hydrogen (secondary N) is 1. The van der Waals surface area contributed by atoms with Gasteiger partial charge in [-0.2, -0.15) is 0 Å². The molecule has 1 saturated heterocycles. The van der Waals surface area contributed by atoms with Crippen molar-refractivity contribution in [1.29, 1.82) is 0 Å². The summed E-state index contributed by atoms with van der Waals surface area (Å²) in [5.41, 5.74) is 0.723. The predicted molar refractivity (Wildman–Crippen MR) is 52.2 cm³/mol. The summed E-state index contributed by atoms with van der Waals surface area (Å²) in [5.74, 6) is 0. The van der Waals surface area contributed by atoms with Gasteiger partial charge in [0.2, 0.25) is 0 Å². The quantitative estimate of drug-likeness (QED) is 0.667. The third kappa shape index (κ3) is 1.28. The molecule has 2 fully saturated rings. The van der Waals surface area contributed by atoms with Gasteiger partial charge in [-0.1, -0.05) is 19.8 Å². The molecule has 1 unspecified atom stereocenters. The average molecular weight is 167 g/mol. The van der Waals surface area contributed by atoms with Crippen LogP contribution in [0.25, 0.3) is 0 Å². The normalized spacial score (nSPS) is 34.2. The SMILES string of the molecule is CCC1(C2CCCCN2)CCC1. The number of piperidine rings is 1. The topological polar surface area (TPSA) is 12.0 Å². The molecule has 12 heavy (non-hydrogen) atoms. The van der Waals surface area contributed by atoms with Crippen LogP contribution in [-0.2, 0) is 0 Å². The lowest BCUT2D eigenvalue weighted by Crippen LogP contribution is -2.51. The summed E-state index contributed by atoms with van der Waals surface area (Å²) in [5, 5.41) is 3.71. The summed E-state index contributed by atoms with van der Waals surface area (Å²) in [6.07, 6.45) is 10.1. The Balaban J connectivity index is 1.95. The highest BCUT2D eigenvalue weighted by Crippen LogP contribution is 2.48. The van der Waals surface area contributed by atoms with Crippen LogP contribution < -0.4 is 5.32 Å². The van der Waals surface area contributed by atoms with E-state index in [4.69, 9.17) is 0 Å². The maximum absolute atomic E-state index is 3.71. The fraction of sp³-hybridized carbons (Fsp3) is 1.00. The highest BCUT2D eigenvalue weighted by atomic mass is 14.9. The van der Waals surface area contributed by atoms with Crippen LogP contribution in [0.5, 0.6) is 0 Å². The third-order valence-electron chi connectivity index (χ3n) is 4.10. The first-order valence-corrected chi connectivity index (χ1v) is 5.61. The van der Waals surface area contributed by atoms with Gasteiger partial charge in [-0.3, -0.25) is 0 Å². The van der Waals surface area contributed by atoms with Crippen LogP contribution in [0.15, 0.2) is 0 Å². The lowest BCUT2D eigenvalue weighted by Gasteiger charge is -2.49. The van der Waals surface area contributed by atoms with Crippen LogP contribution in [0.3, 0.4) is 0 Å². The first-order chi connectivity index (χ1) is 5.87. The maximum atomic E-state index is 3.71. The summed E-state index contributed by atoms with van der Waals surface area (Å²) in [6, 6.07) is 0.866. The fourth-order valence-electron chi connectivity index (χ4n) is 2.95. The Bertz CT molecular complexity index is 138. The van der Waals surface area contributed by atoms with Gasteiger partial charge in [0.1, 0.15) is 0 Å². The van der Waals surface area contributed by atoms with E-state index in [1.807, 2.05) is 0 Å². The van der Waals surface area contributed by atoms with E-state index in [9.17, 15) is 0 Å². The third-order valence-corrected chi connectivity index (χ3v) is 4.10. The molecule has 0 spiro atoms. The summed E-state index contributed by atoms with van der Waals surface area (Å²) in [7, 11) is 0. The van der Waals surface area contributed by atoms with Crippen LogP contribution in [0.4, 0.5) is 0 Å². The smallest absolute Gasteiger partial charge is 0.0123 e. The lowest BCUT2D eigenvalue weighted by molar-refractivity contribution is 0.0549. The van der Waals surface area contributed by atoms with Gasteiger partial charge in [-0.05, 0) is 44.1 Å². The first kappa shape index (κ1) is 8.55. The van der Waals surface area contributed by atoms with E-state index in [2.05, 4.69) is 12.2 Å². The fourth-order valence-corrected chi connectivity index (χ4v) is 2.95. The highest BCUT2D eigenvalue weighted by Gasteiger charge is 2.42. The molecular formula is C11H21N. The van der Waals surface area contributed by atoms with Crippen molar-refractivity contribution in [3.8, 4) is 0 Å². The van der Waals surface area contributed by atoms with Gasteiger partial charge in [0, 0.05) is 6.04 Å². The molecule has 2 aliphatic rings. The van der Waals surface area contributed by atoms with Crippen LogP contribution in [0.2, 0.25) is 0 Å². The van der Waals surface area contributed by atoms with Crippen molar-refractivity contribution >= 4 is 0 Å². The molecule has 0 aromatic heterocycles. The Kier molecular flexibility index (Phi) is 2.40. The van der Waals surface area contributed by atoms with Crippen molar-refractivity contribution in [1.82, 2.24) is 5.32 Å². The average Bonchev–Trinajstić information content (AvgIpc) is 2.05. The number of rotatable bonds is 2. The second-order valence-electron chi connectivity index (χ2n) is 4.57. The van der Waals surface area contributed by atoms with Crippen molar-refractivity contribution in [3.63, 3.8) is 0 Å². The Morgan fingerprint density at radius 1 is 1.25 bits per heavy atom. The van der Waals surface area contributed by atoms with Gasteiger partial charge in [0.15, 0.2) is 0 Å². The minimum Gasteiger partial charge on any atom is -0.313 e. The van der Waals surface area contributed by atoms with Gasteiger partial charge in [-0.15, -0.1) is 0 Å². The minimum atomic E-state index is 0.723. The van der Waals surface area contributed by atoms with Crippen LogP contribution in [0.1, 0.15) is 51.9 Å². The molecule has 1 N–H and O–H groups in total. The standard InChI is InChI=1S/C11H21N/c1-2-11(7-5-8-11)10-6-3-4-9-12-10/h10,12H,2-9H2,1H3. The molecule has 0 aromatic rings. The zero-order valence-electron chi connectivity index (χ0n) is 8.23. The molecule has 1 nitrogen and oxygen atoms in total. The van der Waals surface area contributed by atoms with Crippen molar-refractivity contribution in [2.45, 2.75) is 57.9 Å². The van der Waals surface area contributed by atoms with Gasteiger partial charge >= 0.3 is 0 Å². The maximum Gasteiger partial charge on any atom is 0.0123 e. The van der Waals surface area contributed by atoms with E-state index in [0.29, 0.717) is 0 Å². The molecule has 0 amide bonds. The first-order valence-electron chi connectivity index (χ1n) is 5.61. The summed E-state index contributed by atoms with van der Waals surface area (Å²) < 4.78 is 0. The van der Waals surface area contributed by atoms with Gasteiger partial charge in [0.25, 0.3) is 0 Å². The van der Waals surface area contributed by atoms with E-state index in [-0.39, 0.29) is 0 Å². The Morgan fingerprint density at radius 3 is 2.50 bits per heavy atom. The molecule has 1 heterocycles. The van der Waals surface area contributed by atoms with Crippen LogP contribution in [-0.4, -0.2) is 12.6 Å². The number of hydrogen-bond donors (Lipinski definition) is 1. The zero-order valence-corrected chi connectivity index (χ0v) is 8.23.